The third kappa shape index (κ3) is 3.74. The molecule has 0 radical (unpaired) electrons. The van der Waals surface area contributed by atoms with E-state index in [1.54, 1.807) is 23.7 Å². The van der Waals surface area contributed by atoms with E-state index in [9.17, 15) is 0 Å². The minimum atomic E-state index is 0.958. The summed E-state index contributed by atoms with van der Waals surface area (Å²) in [5.74, 6) is 0. The Morgan fingerprint density at radius 2 is 1.81 bits per heavy atom. The van der Waals surface area contributed by atoms with E-state index in [2.05, 4.69) is 39.6 Å². The number of thiophene rings is 1. The van der Waals surface area contributed by atoms with Crippen LogP contribution in [0.3, 0.4) is 0 Å². The maximum Gasteiger partial charge on any atom is 0.0807 e. The molecule has 0 saturated carbocycles. The minimum absolute atomic E-state index is 0.958. The van der Waals surface area contributed by atoms with Gasteiger partial charge < -0.3 is 0 Å². The van der Waals surface area contributed by atoms with Crippen LogP contribution in [0.15, 0.2) is 77.4 Å². The number of nitrogens with zero attached hydrogens (tertiary/aromatic N) is 2. The van der Waals surface area contributed by atoms with Crippen molar-refractivity contribution in [3.8, 4) is 0 Å². The lowest BCUT2D eigenvalue weighted by molar-refractivity contribution is 1.32. The molecule has 0 amide bonds. The molecule has 0 N–H and O–H groups in total. The molecule has 2 heterocycles. The van der Waals surface area contributed by atoms with E-state index in [1.807, 2.05) is 42.6 Å². The molecule has 3 aromatic rings. The standard InChI is InChI=1S/C18H14N2S/c1-2-6-15(7-3-1)12-17(18-9-5-11-21-18)20-14-16-8-4-10-19-13-16/h1-14H/b17-12-,20-14?. The molecule has 21 heavy (non-hydrogen) atoms. The van der Waals surface area contributed by atoms with Gasteiger partial charge in [0.1, 0.15) is 0 Å². The van der Waals surface area contributed by atoms with Crippen molar-refractivity contribution in [3.63, 3.8) is 0 Å². The second-order valence-corrected chi connectivity index (χ2v) is 5.41. The van der Waals surface area contributed by atoms with E-state index in [-0.39, 0.29) is 0 Å². The molecule has 3 heteroatoms. The molecular weight excluding hydrogens is 276 g/mol. The van der Waals surface area contributed by atoms with Gasteiger partial charge in [0, 0.05) is 24.2 Å². The lowest BCUT2D eigenvalue weighted by Crippen LogP contribution is -1.84. The van der Waals surface area contributed by atoms with Crippen LogP contribution in [0.4, 0.5) is 0 Å². The molecule has 0 unspecified atom stereocenters. The van der Waals surface area contributed by atoms with Gasteiger partial charge in [0.2, 0.25) is 0 Å². The number of rotatable bonds is 4. The van der Waals surface area contributed by atoms with Crippen molar-refractivity contribution < 1.29 is 0 Å². The summed E-state index contributed by atoms with van der Waals surface area (Å²) in [5, 5.41) is 2.06. The molecule has 2 nitrogen and oxygen atoms in total. The van der Waals surface area contributed by atoms with E-state index in [0.29, 0.717) is 0 Å². The summed E-state index contributed by atoms with van der Waals surface area (Å²) >= 11 is 1.69. The van der Waals surface area contributed by atoms with Crippen LogP contribution in [0.1, 0.15) is 16.0 Å². The van der Waals surface area contributed by atoms with Crippen LogP contribution in [0.25, 0.3) is 11.8 Å². The summed E-state index contributed by atoms with van der Waals surface area (Å²) in [6.45, 7) is 0. The number of hydrogen-bond donors (Lipinski definition) is 0. The minimum Gasteiger partial charge on any atom is -0.264 e. The summed E-state index contributed by atoms with van der Waals surface area (Å²) in [7, 11) is 0. The van der Waals surface area contributed by atoms with E-state index in [0.717, 1.165) is 21.7 Å². The number of benzene rings is 1. The van der Waals surface area contributed by atoms with E-state index in [1.165, 1.54) is 0 Å². The van der Waals surface area contributed by atoms with Gasteiger partial charge in [0.15, 0.2) is 0 Å². The lowest BCUT2D eigenvalue weighted by Gasteiger charge is -2.00. The van der Waals surface area contributed by atoms with Gasteiger partial charge in [-0.2, -0.15) is 0 Å². The van der Waals surface area contributed by atoms with Crippen molar-refractivity contribution in [2.75, 3.05) is 0 Å². The van der Waals surface area contributed by atoms with Crippen molar-refractivity contribution in [1.29, 1.82) is 0 Å². The predicted octanol–water partition coefficient (Wildman–Crippen LogP) is 4.76. The molecule has 102 valence electrons. The molecule has 0 aliphatic rings. The molecule has 3 rings (SSSR count). The van der Waals surface area contributed by atoms with Crippen LogP contribution in [0.2, 0.25) is 0 Å². The lowest BCUT2D eigenvalue weighted by atomic mass is 10.2. The summed E-state index contributed by atoms with van der Waals surface area (Å²) in [6, 6.07) is 18.3. The van der Waals surface area contributed by atoms with E-state index >= 15 is 0 Å². The second-order valence-electron chi connectivity index (χ2n) is 4.46. The Labute approximate surface area is 128 Å². The Morgan fingerprint density at radius 3 is 2.52 bits per heavy atom. The van der Waals surface area contributed by atoms with Gasteiger partial charge in [-0.3, -0.25) is 9.98 Å². The average Bonchev–Trinajstić information content (AvgIpc) is 3.08. The molecule has 0 atom stereocenters. The zero-order chi connectivity index (χ0) is 14.3. The van der Waals surface area contributed by atoms with Gasteiger partial charge in [-0.25, -0.2) is 0 Å². The first kappa shape index (κ1) is 13.5. The monoisotopic (exact) mass is 290 g/mol. The van der Waals surface area contributed by atoms with Crippen LogP contribution in [0, 0.1) is 0 Å². The van der Waals surface area contributed by atoms with Gasteiger partial charge in [0.25, 0.3) is 0 Å². The number of aromatic nitrogens is 1. The Hall–Kier alpha value is -2.52. The van der Waals surface area contributed by atoms with Gasteiger partial charge in [0.05, 0.1) is 10.6 Å². The van der Waals surface area contributed by atoms with Crippen molar-refractivity contribution >= 4 is 29.3 Å². The van der Waals surface area contributed by atoms with Gasteiger partial charge in [-0.1, -0.05) is 42.5 Å². The topological polar surface area (TPSA) is 25.2 Å². The van der Waals surface area contributed by atoms with Crippen molar-refractivity contribution in [3.05, 3.63) is 88.4 Å². The maximum absolute atomic E-state index is 4.64. The Balaban J connectivity index is 1.94. The molecule has 0 aliphatic carbocycles. The van der Waals surface area contributed by atoms with Crippen LogP contribution >= 0.6 is 11.3 Å². The first-order valence-electron chi connectivity index (χ1n) is 6.66. The largest absolute Gasteiger partial charge is 0.264 e. The smallest absolute Gasteiger partial charge is 0.0807 e. The van der Waals surface area contributed by atoms with Gasteiger partial charge in [-0.15, -0.1) is 11.3 Å². The molecule has 0 spiro atoms. The fourth-order valence-corrected chi connectivity index (χ4v) is 2.59. The van der Waals surface area contributed by atoms with Crippen LogP contribution in [0.5, 0.6) is 0 Å². The van der Waals surface area contributed by atoms with Crippen molar-refractivity contribution in [1.82, 2.24) is 4.98 Å². The van der Waals surface area contributed by atoms with Crippen molar-refractivity contribution in [2.24, 2.45) is 4.99 Å². The van der Waals surface area contributed by atoms with E-state index < -0.39 is 0 Å². The fourth-order valence-electron chi connectivity index (χ4n) is 1.90. The Kier molecular flexibility index (Phi) is 4.34. The number of pyridine rings is 1. The summed E-state index contributed by atoms with van der Waals surface area (Å²) in [5.41, 5.74) is 3.09. The molecule has 0 fully saturated rings. The number of aliphatic imine (C=N–C) groups is 1. The Morgan fingerprint density at radius 1 is 0.952 bits per heavy atom. The molecule has 2 aromatic heterocycles. The normalized spacial score (nSPS) is 11.9. The highest BCUT2D eigenvalue weighted by Gasteiger charge is 2.01. The molecular formula is C18H14N2S. The molecule has 0 aliphatic heterocycles. The third-order valence-electron chi connectivity index (χ3n) is 2.91. The summed E-state index contributed by atoms with van der Waals surface area (Å²) < 4.78 is 0. The zero-order valence-corrected chi connectivity index (χ0v) is 12.2. The van der Waals surface area contributed by atoms with Crippen molar-refractivity contribution in [2.45, 2.75) is 0 Å². The molecule has 1 aromatic carbocycles. The fraction of sp³-hybridized carbons (Fsp3) is 0. The first-order chi connectivity index (χ1) is 10.4. The third-order valence-corrected chi connectivity index (χ3v) is 3.81. The van der Waals surface area contributed by atoms with E-state index in [4.69, 9.17) is 0 Å². The highest BCUT2D eigenvalue weighted by Crippen LogP contribution is 2.24. The Bertz CT molecular complexity index is 729. The summed E-state index contributed by atoms with van der Waals surface area (Å²) in [6.07, 6.45) is 7.51. The highest BCUT2D eigenvalue weighted by molar-refractivity contribution is 7.11. The average molecular weight is 290 g/mol. The van der Waals surface area contributed by atoms with Crippen LogP contribution < -0.4 is 0 Å². The second kappa shape index (κ2) is 6.77. The summed E-state index contributed by atoms with van der Waals surface area (Å²) in [4.78, 5) is 9.89. The molecule has 0 saturated heterocycles. The highest BCUT2D eigenvalue weighted by atomic mass is 32.1. The maximum atomic E-state index is 4.64. The first-order valence-corrected chi connectivity index (χ1v) is 7.54. The molecule has 0 bridgehead atoms. The predicted molar refractivity (Wildman–Crippen MR) is 90.5 cm³/mol. The zero-order valence-electron chi connectivity index (χ0n) is 11.4. The number of hydrogen-bond acceptors (Lipinski definition) is 3. The van der Waals surface area contributed by atoms with Crippen LogP contribution in [-0.4, -0.2) is 11.2 Å². The quantitative estimate of drug-likeness (QED) is 0.636. The van der Waals surface area contributed by atoms with Gasteiger partial charge in [-0.05, 0) is 29.2 Å². The SMILES string of the molecule is C(=N/C(=C\c1ccccc1)c1cccs1)c1cccnc1. The van der Waals surface area contributed by atoms with Gasteiger partial charge >= 0.3 is 0 Å². The van der Waals surface area contributed by atoms with Crippen LogP contribution in [-0.2, 0) is 0 Å².